The van der Waals surface area contributed by atoms with Gasteiger partial charge in [0.15, 0.2) is 0 Å². The van der Waals surface area contributed by atoms with E-state index in [2.05, 4.69) is 11.5 Å². The van der Waals surface area contributed by atoms with Gasteiger partial charge in [0, 0.05) is 37.2 Å². The van der Waals surface area contributed by atoms with Crippen LogP contribution in [0.1, 0.15) is 6.42 Å². The van der Waals surface area contributed by atoms with Crippen LogP contribution in [-0.4, -0.2) is 47.5 Å². The third-order valence-corrected chi connectivity index (χ3v) is 2.53. The van der Waals surface area contributed by atoms with Gasteiger partial charge in [0.25, 0.3) is 0 Å². The maximum absolute atomic E-state index is 9.48. The van der Waals surface area contributed by atoms with Crippen molar-refractivity contribution in [3.05, 3.63) is 11.6 Å². The minimum absolute atomic E-state index is 0.0342. The molecule has 1 heterocycles. The third-order valence-electron chi connectivity index (χ3n) is 2.41. The van der Waals surface area contributed by atoms with Crippen molar-refractivity contribution < 1.29 is 10.2 Å². The van der Waals surface area contributed by atoms with Crippen molar-refractivity contribution in [2.24, 2.45) is 5.92 Å². The van der Waals surface area contributed by atoms with Crippen molar-refractivity contribution >= 4 is 11.6 Å². The molecule has 13 heavy (non-hydrogen) atoms. The molecule has 0 aliphatic carbocycles. The predicted octanol–water partition coefficient (Wildman–Crippen LogP) is 0.414. The molecule has 2 unspecified atom stereocenters. The van der Waals surface area contributed by atoms with E-state index in [0.29, 0.717) is 24.5 Å². The smallest absolute Gasteiger partial charge is 0.0614 e. The molecular formula is C9H16ClNO2. The Morgan fingerprint density at radius 1 is 1.62 bits per heavy atom. The van der Waals surface area contributed by atoms with Crippen molar-refractivity contribution in [3.63, 3.8) is 0 Å². The third kappa shape index (κ3) is 3.27. The largest absolute Gasteiger partial charge is 0.396 e. The fourth-order valence-electron chi connectivity index (χ4n) is 1.66. The lowest BCUT2D eigenvalue weighted by Crippen LogP contribution is -2.44. The SMILES string of the molecule is C=C(Cl)CN1CCC(O)C(CO)C1. The maximum Gasteiger partial charge on any atom is 0.0614 e. The first-order chi connectivity index (χ1) is 6.13. The fraction of sp³-hybridized carbons (Fsp3) is 0.778. The first kappa shape index (κ1) is 11.0. The van der Waals surface area contributed by atoms with E-state index in [0.717, 1.165) is 6.54 Å². The van der Waals surface area contributed by atoms with Gasteiger partial charge in [-0.3, -0.25) is 4.90 Å². The molecule has 1 aliphatic heterocycles. The van der Waals surface area contributed by atoms with Crippen LogP contribution in [0, 0.1) is 5.92 Å². The first-order valence-electron chi connectivity index (χ1n) is 4.48. The summed E-state index contributed by atoms with van der Waals surface area (Å²) in [6.45, 7) is 5.82. The van der Waals surface area contributed by atoms with E-state index < -0.39 is 0 Å². The van der Waals surface area contributed by atoms with E-state index >= 15 is 0 Å². The summed E-state index contributed by atoms with van der Waals surface area (Å²) in [5.41, 5.74) is 0. The Morgan fingerprint density at radius 2 is 2.31 bits per heavy atom. The Balaban J connectivity index is 2.40. The second-order valence-corrected chi connectivity index (χ2v) is 4.09. The fourth-order valence-corrected chi connectivity index (χ4v) is 1.83. The number of piperidine rings is 1. The second kappa shape index (κ2) is 4.96. The van der Waals surface area contributed by atoms with Gasteiger partial charge in [0.1, 0.15) is 0 Å². The van der Waals surface area contributed by atoms with Gasteiger partial charge in [-0.15, -0.1) is 0 Å². The van der Waals surface area contributed by atoms with E-state index in [4.69, 9.17) is 16.7 Å². The highest BCUT2D eigenvalue weighted by Crippen LogP contribution is 2.17. The number of rotatable bonds is 3. The van der Waals surface area contributed by atoms with Crippen LogP contribution in [-0.2, 0) is 0 Å². The molecule has 3 nitrogen and oxygen atoms in total. The van der Waals surface area contributed by atoms with Crippen molar-refractivity contribution in [1.29, 1.82) is 0 Å². The molecule has 1 fully saturated rings. The Labute approximate surface area is 83.6 Å². The monoisotopic (exact) mass is 205 g/mol. The average molecular weight is 206 g/mol. The molecule has 0 saturated carbocycles. The number of likely N-dealkylation sites (tertiary alicyclic amines) is 1. The number of aliphatic hydroxyl groups is 2. The molecule has 0 aromatic carbocycles. The van der Waals surface area contributed by atoms with Crippen LogP contribution in [0.25, 0.3) is 0 Å². The van der Waals surface area contributed by atoms with Crippen molar-refractivity contribution in [1.82, 2.24) is 4.90 Å². The molecule has 1 rings (SSSR count). The minimum atomic E-state index is -0.371. The van der Waals surface area contributed by atoms with Crippen molar-refractivity contribution in [2.45, 2.75) is 12.5 Å². The molecule has 4 heteroatoms. The average Bonchev–Trinajstić information content (AvgIpc) is 2.07. The molecule has 1 aliphatic rings. The summed E-state index contributed by atoms with van der Waals surface area (Å²) < 4.78 is 0. The zero-order chi connectivity index (χ0) is 9.84. The molecule has 0 aromatic rings. The standard InChI is InChI=1S/C9H16ClNO2/c1-7(10)4-11-3-2-9(13)8(5-11)6-12/h8-9,12-13H,1-6H2. The number of nitrogens with zero attached hydrogens (tertiary/aromatic N) is 1. The summed E-state index contributed by atoms with van der Waals surface area (Å²) in [6, 6.07) is 0. The zero-order valence-electron chi connectivity index (χ0n) is 7.62. The summed E-state index contributed by atoms with van der Waals surface area (Å²) in [6.07, 6.45) is 0.333. The van der Waals surface area contributed by atoms with Crippen LogP contribution >= 0.6 is 11.6 Å². The van der Waals surface area contributed by atoms with Crippen LogP contribution in [0.5, 0.6) is 0 Å². The molecule has 0 radical (unpaired) electrons. The van der Waals surface area contributed by atoms with Crippen molar-refractivity contribution in [2.75, 3.05) is 26.2 Å². The normalized spacial score (nSPS) is 30.4. The molecule has 0 bridgehead atoms. The quantitative estimate of drug-likeness (QED) is 0.702. The van der Waals surface area contributed by atoms with Gasteiger partial charge in [-0.25, -0.2) is 0 Å². The summed E-state index contributed by atoms with van der Waals surface area (Å²) in [5, 5.41) is 19.1. The van der Waals surface area contributed by atoms with Gasteiger partial charge in [0.05, 0.1) is 6.10 Å². The van der Waals surface area contributed by atoms with E-state index in [1.807, 2.05) is 0 Å². The highest BCUT2D eigenvalue weighted by atomic mass is 35.5. The van der Waals surface area contributed by atoms with E-state index in [-0.39, 0.29) is 18.6 Å². The lowest BCUT2D eigenvalue weighted by atomic mass is 9.96. The topological polar surface area (TPSA) is 43.7 Å². The Hall–Kier alpha value is -0.0900. The van der Waals surface area contributed by atoms with Crippen molar-refractivity contribution in [3.8, 4) is 0 Å². The highest BCUT2D eigenvalue weighted by Gasteiger charge is 2.26. The van der Waals surface area contributed by atoms with Gasteiger partial charge >= 0.3 is 0 Å². The highest BCUT2D eigenvalue weighted by molar-refractivity contribution is 6.29. The lowest BCUT2D eigenvalue weighted by molar-refractivity contribution is 0.00380. The number of hydrogen-bond acceptors (Lipinski definition) is 3. The summed E-state index contributed by atoms with van der Waals surface area (Å²) in [7, 11) is 0. The maximum atomic E-state index is 9.48. The molecule has 76 valence electrons. The summed E-state index contributed by atoms with van der Waals surface area (Å²) >= 11 is 5.68. The summed E-state index contributed by atoms with van der Waals surface area (Å²) in [5.74, 6) is -0.0373. The van der Waals surface area contributed by atoms with Gasteiger partial charge in [0.2, 0.25) is 0 Å². The molecular weight excluding hydrogens is 190 g/mol. The Kier molecular flexibility index (Phi) is 4.19. The number of hydrogen-bond donors (Lipinski definition) is 2. The van der Waals surface area contributed by atoms with E-state index in [1.54, 1.807) is 0 Å². The summed E-state index contributed by atoms with van der Waals surface area (Å²) in [4.78, 5) is 2.10. The molecule has 0 spiro atoms. The number of halogens is 1. The van der Waals surface area contributed by atoms with Crippen LogP contribution in [0.4, 0.5) is 0 Å². The zero-order valence-corrected chi connectivity index (χ0v) is 8.37. The van der Waals surface area contributed by atoms with E-state index in [1.165, 1.54) is 0 Å². The van der Waals surface area contributed by atoms with Crippen LogP contribution in [0.2, 0.25) is 0 Å². The lowest BCUT2D eigenvalue weighted by Gasteiger charge is -2.34. The first-order valence-corrected chi connectivity index (χ1v) is 4.86. The minimum Gasteiger partial charge on any atom is -0.396 e. The molecule has 1 saturated heterocycles. The number of aliphatic hydroxyl groups excluding tert-OH is 2. The molecule has 2 N–H and O–H groups in total. The molecule has 2 atom stereocenters. The van der Waals surface area contributed by atoms with Crippen LogP contribution < -0.4 is 0 Å². The second-order valence-electron chi connectivity index (χ2n) is 3.55. The van der Waals surface area contributed by atoms with Gasteiger partial charge in [-0.05, 0) is 6.42 Å². The van der Waals surface area contributed by atoms with Crippen LogP contribution in [0.15, 0.2) is 11.6 Å². The predicted molar refractivity (Wildman–Crippen MR) is 52.6 cm³/mol. The Morgan fingerprint density at radius 3 is 2.85 bits per heavy atom. The van der Waals surface area contributed by atoms with E-state index in [9.17, 15) is 5.11 Å². The molecule has 0 amide bonds. The molecule has 0 aromatic heterocycles. The van der Waals surface area contributed by atoms with Gasteiger partial charge in [-0.1, -0.05) is 18.2 Å². The van der Waals surface area contributed by atoms with Gasteiger partial charge < -0.3 is 10.2 Å². The van der Waals surface area contributed by atoms with Crippen LogP contribution in [0.3, 0.4) is 0 Å². The Bertz CT molecular complexity index is 186. The van der Waals surface area contributed by atoms with Gasteiger partial charge in [-0.2, -0.15) is 0 Å².